The second-order valence-corrected chi connectivity index (χ2v) is 4.98. The van der Waals surface area contributed by atoms with Crippen molar-refractivity contribution in [3.8, 4) is 0 Å². The van der Waals surface area contributed by atoms with Crippen molar-refractivity contribution in [2.75, 3.05) is 0 Å². The Bertz CT molecular complexity index is 454. The van der Waals surface area contributed by atoms with Crippen molar-refractivity contribution in [1.29, 1.82) is 0 Å². The van der Waals surface area contributed by atoms with E-state index in [1.54, 1.807) is 0 Å². The number of alkyl halides is 3. The van der Waals surface area contributed by atoms with Crippen LogP contribution >= 0.6 is 11.6 Å². The molecule has 2 N–H and O–H groups in total. The van der Waals surface area contributed by atoms with Gasteiger partial charge in [0.05, 0.1) is 10.6 Å². The van der Waals surface area contributed by atoms with Crippen molar-refractivity contribution in [2.45, 2.75) is 31.5 Å². The van der Waals surface area contributed by atoms with Crippen molar-refractivity contribution in [1.82, 2.24) is 0 Å². The van der Waals surface area contributed by atoms with E-state index in [9.17, 15) is 17.6 Å². The standard InChI is InChI=1S/C12H12ClF4N/c13-9-5-7(12(15,16)17)4-8(10(9)14)11(18)6-2-1-3-6/h4-6,11H,1-3,18H2/t11-/m1/s1. The third-order valence-electron chi connectivity index (χ3n) is 3.40. The number of benzene rings is 1. The van der Waals surface area contributed by atoms with Crippen LogP contribution in [-0.4, -0.2) is 0 Å². The van der Waals surface area contributed by atoms with Gasteiger partial charge in [0.1, 0.15) is 5.82 Å². The summed E-state index contributed by atoms with van der Waals surface area (Å²) in [5.41, 5.74) is 4.72. The highest BCUT2D eigenvalue weighted by Crippen LogP contribution is 2.40. The van der Waals surface area contributed by atoms with E-state index in [1.165, 1.54) is 0 Å². The van der Waals surface area contributed by atoms with Crippen LogP contribution in [0.1, 0.15) is 36.4 Å². The Morgan fingerprint density at radius 2 is 1.89 bits per heavy atom. The minimum absolute atomic E-state index is 0.0408. The molecule has 0 aromatic heterocycles. The molecule has 18 heavy (non-hydrogen) atoms. The summed E-state index contributed by atoms with van der Waals surface area (Å²) in [6.45, 7) is 0. The zero-order valence-corrected chi connectivity index (χ0v) is 10.2. The van der Waals surface area contributed by atoms with Gasteiger partial charge < -0.3 is 5.73 Å². The summed E-state index contributed by atoms with van der Waals surface area (Å²) in [5, 5.41) is -0.533. The van der Waals surface area contributed by atoms with Crippen LogP contribution in [0.15, 0.2) is 12.1 Å². The third-order valence-corrected chi connectivity index (χ3v) is 3.68. The molecular weight excluding hydrogens is 270 g/mol. The second kappa shape index (κ2) is 4.70. The molecule has 0 amide bonds. The molecule has 1 nitrogen and oxygen atoms in total. The molecule has 1 atom stereocenters. The normalized spacial score (nSPS) is 18.6. The van der Waals surface area contributed by atoms with Crippen LogP contribution in [0.4, 0.5) is 17.6 Å². The average molecular weight is 282 g/mol. The maximum absolute atomic E-state index is 13.8. The molecule has 1 aliphatic carbocycles. The fraction of sp³-hybridized carbons (Fsp3) is 0.500. The lowest BCUT2D eigenvalue weighted by Gasteiger charge is -2.32. The number of nitrogens with two attached hydrogens (primary N) is 1. The van der Waals surface area contributed by atoms with Crippen molar-refractivity contribution < 1.29 is 17.6 Å². The molecule has 0 bridgehead atoms. The van der Waals surface area contributed by atoms with Gasteiger partial charge in [-0.3, -0.25) is 0 Å². The Labute approximate surface area is 107 Å². The van der Waals surface area contributed by atoms with Gasteiger partial charge in [0, 0.05) is 11.6 Å². The van der Waals surface area contributed by atoms with Gasteiger partial charge in [0.2, 0.25) is 0 Å². The molecule has 1 saturated carbocycles. The van der Waals surface area contributed by atoms with Gasteiger partial charge in [-0.25, -0.2) is 4.39 Å². The van der Waals surface area contributed by atoms with Crippen molar-refractivity contribution >= 4 is 11.6 Å². The van der Waals surface area contributed by atoms with Crippen LogP contribution in [-0.2, 0) is 6.18 Å². The number of halogens is 5. The number of hydrogen-bond donors (Lipinski definition) is 1. The Morgan fingerprint density at radius 1 is 1.28 bits per heavy atom. The Kier molecular flexibility index (Phi) is 3.56. The predicted octanol–water partition coefficient (Wildman–Crippen LogP) is 4.30. The molecular formula is C12H12ClF4N. The molecule has 0 spiro atoms. The van der Waals surface area contributed by atoms with E-state index in [-0.39, 0.29) is 11.5 Å². The highest BCUT2D eigenvalue weighted by Gasteiger charge is 2.34. The molecule has 6 heteroatoms. The smallest absolute Gasteiger partial charge is 0.324 e. The highest BCUT2D eigenvalue weighted by atomic mass is 35.5. The van der Waals surface area contributed by atoms with E-state index >= 15 is 0 Å². The fourth-order valence-electron chi connectivity index (χ4n) is 2.07. The van der Waals surface area contributed by atoms with Gasteiger partial charge in [0.15, 0.2) is 0 Å². The molecule has 2 rings (SSSR count). The second-order valence-electron chi connectivity index (χ2n) is 4.58. The molecule has 0 heterocycles. The van der Waals surface area contributed by atoms with Gasteiger partial charge in [-0.1, -0.05) is 18.0 Å². The van der Waals surface area contributed by atoms with Gasteiger partial charge in [-0.2, -0.15) is 13.2 Å². The fourth-order valence-corrected chi connectivity index (χ4v) is 2.30. The molecule has 1 aromatic carbocycles. The van der Waals surface area contributed by atoms with Crippen LogP contribution in [0.5, 0.6) is 0 Å². The number of hydrogen-bond acceptors (Lipinski definition) is 1. The molecule has 0 unspecified atom stereocenters. The summed E-state index contributed by atoms with van der Waals surface area (Å²) in [5.74, 6) is -0.803. The number of rotatable bonds is 2. The molecule has 1 fully saturated rings. The Balaban J connectivity index is 2.42. The van der Waals surface area contributed by atoms with E-state index in [0.29, 0.717) is 6.07 Å². The third kappa shape index (κ3) is 2.47. The van der Waals surface area contributed by atoms with Crippen LogP contribution in [0.2, 0.25) is 5.02 Å². The quantitative estimate of drug-likeness (QED) is 0.804. The summed E-state index contributed by atoms with van der Waals surface area (Å²) < 4.78 is 51.6. The molecule has 1 aliphatic rings. The van der Waals surface area contributed by atoms with Crippen molar-refractivity contribution in [3.05, 3.63) is 34.1 Å². The first-order valence-electron chi connectivity index (χ1n) is 5.62. The SMILES string of the molecule is N[C@@H](c1cc(C(F)(F)F)cc(Cl)c1F)C1CCC1. The van der Waals surface area contributed by atoms with E-state index in [4.69, 9.17) is 17.3 Å². The van der Waals surface area contributed by atoms with Crippen LogP contribution < -0.4 is 5.73 Å². The maximum atomic E-state index is 13.8. The molecule has 0 radical (unpaired) electrons. The summed E-state index contributed by atoms with van der Waals surface area (Å²) in [6.07, 6.45) is -1.94. The largest absolute Gasteiger partial charge is 0.416 e. The van der Waals surface area contributed by atoms with Gasteiger partial charge in [0.25, 0.3) is 0 Å². The van der Waals surface area contributed by atoms with Crippen LogP contribution in [0.3, 0.4) is 0 Å². The zero-order chi connectivity index (χ0) is 13.5. The highest BCUT2D eigenvalue weighted by molar-refractivity contribution is 6.30. The first-order chi connectivity index (χ1) is 8.30. The Hall–Kier alpha value is -0.810. The monoisotopic (exact) mass is 281 g/mol. The first kappa shape index (κ1) is 13.6. The zero-order valence-electron chi connectivity index (χ0n) is 9.40. The van der Waals surface area contributed by atoms with E-state index in [1.807, 2.05) is 0 Å². The topological polar surface area (TPSA) is 26.0 Å². The van der Waals surface area contributed by atoms with Gasteiger partial charge in [-0.05, 0) is 30.9 Å². The molecule has 0 aliphatic heterocycles. The maximum Gasteiger partial charge on any atom is 0.416 e. The molecule has 1 aromatic rings. The van der Waals surface area contributed by atoms with Crippen molar-refractivity contribution in [2.24, 2.45) is 11.7 Å². The van der Waals surface area contributed by atoms with Crippen LogP contribution in [0.25, 0.3) is 0 Å². The molecule has 100 valence electrons. The lowest BCUT2D eigenvalue weighted by Crippen LogP contribution is -2.28. The van der Waals surface area contributed by atoms with E-state index in [2.05, 4.69) is 0 Å². The Morgan fingerprint density at radius 3 is 2.33 bits per heavy atom. The van der Waals surface area contributed by atoms with Crippen LogP contribution in [0, 0.1) is 11.7 Å². The summed E-state index contributed by atoms with van der Waals surface area (Å²) in [6, 6.07) is 0.636. The minimum atomic E-state index is -4.55. The summed E-state index contributed by atoms with van der Waals surface area (Å²) in [7, 11) is 0. The first-order valence-corrected chi connectivity index (χ1v) is 6.00. The lowest BCUT2D eigenvalue weighted by atomic mass is 9.77. The van der Waals surface area contributed by atoms with Crippen molar-refractivity contribution in [3.63, 3.8) is 0 Å². The van der Waals surface area contributed by atoms with E-state index in [0.717, 1.165) is 25.3 Å². The van der Waals surface area contributed by atoms with Gasteiger partial charge in [-0.15, -0.1) is 0 Å². The summed E-state index contributed by atoms with van der Waals surface area (Å²) in [4.78, 5) is 0. The van der Waals surface area contributed by atoms with Gasteiger partial charge >= 0.3 is 6.18 Å². The molecule has 0 saturated heterocycles. The summed E-state index contributed by atoms with van der Waals surface area (Å²) >= 11 is 5.50. The predicted molar refractivity (Wildman–Crippen MR) is 60.7 cm³/mol. The van der Waals surface area contributed by atoms with E-state index < -0.39 is 28.6 Å². The average Bonchev–Trinajstić information content (AvgIpc) is 2.17. The minimum Gasteiger partial charge on any atom is -0.324 e. The lowest BCUT2D eigenvalue weighted by molar-refractivity contribution is -0.137.